The molecule has 4 rings (SSSR count). The number of carboxylic acid groups (broad SMARTS) is 1. The van der Waals surface area contributed by atoms with Gasteiger partial charge in [0.1, 0.15) is 35.0 Å². The van der Waals surface area contributed by atoms with E-state index >= 15 is 0 Å². The number of rotatable bonds is 8. The Morgan fingerprint density at radius 2 is 1.84 bits per heavy atom. The van der Waals surface area contributed by atoms with E-state index in [2.05, 4.69) is 8.75 Å². The molecule has 1 atom stereocenters. The first-order valence-corrected chi connectivity index (χ1v) is 10.3. The van der Waals surface area contributed by atoms with Crippen molar-refractivity contribution in [3.05, 3.63) is 83.2 Å². The zero-order chi connectivity index (χ0) is 22.7. The average molecular weight is 452 g/mol. The minimum atomic E-state index is -1.64. The molecular formula is C23H17FN2O5S. The fraction of sp³-hybridized carbons (Fsp3) is 0.130. The fourth-order valence-electron chi connectivity index (χ4n) is 3.13. The Morgan fingerprint density at radius 1 is 1.06 bits per heavy atom. The second-order valence-electron chi connectivity index (χ2n) is 6.95. The van der Waals surface area contributed by atoms with Crippen molar-refractivity contribution in [2.75, 3.05) is 0 Å². The van der Waals surface area contributed by atoms with Crippen LogP contribution in [0.2, 0.25) is 0 Å². The minimum absolute atomic E-state index is 0.00944. The molecule has 0 spiro atoms. The lowest BCUT2D eigenvalue weighted by molar-refractivity contribution is -0.145. The number of aromatic nitrogens is 2. The lowest BCUT2D eigenvalue weighted by Crippen LogP contribution is -2.20. The van der Waals surface area contributed by atoms with E-state index in [4.69, 9.17) is 9.47 Å². The summed E-state index contributed by atoms with van der Waals surface area (Å²) >= 11 is 1.13. The fourth-order valence-corrected chi connectivity index (χ4v) is 3.64. The van der Waals surface area contributed by atoms with E-state index in [0.29, 0.717) is 5.75 Å². The Hall–Kier alpha value is -3.85. The van der Waals surface area contributed by atoms with Crippen molar-refractivity contribution in [2.45, 2.75) is 19.6 Å². The highest BCUT2D eigenvalue weighted by atomic mass is 32.1. The number of ketones is 1. The predicted molar refractivity (Wildman–Crippen MR) is 116 cm³/mol. The molecule has 0 aliphatic carbocycles. The number of fused-ring (bicyclic) bond motifs is 1. The molecule has 0 bridgehead atoms. The summed E-state index contributed by atoms with van der Waals surface area (Å²) in [5.74, 6) is -2.08. The second kappa shape index (κ2) is 9.11. The number of carbonyl (C=O) groups is 2. The van der Waals surface area contributed by atoms with E-state index in [1.165, 1.54) is 37.3 Å². The summed E-state index contributed by atoms with van der Waals surface area (Å²) in [5, 5.41) is 9.61. The molecule has 7 nitrogen and oxygen atoms in total. The Kier molecular flexibility index (Phi) is 6.09. The molecule has 32 heavy (non-hydrogen) atoms. The van der Waals surface area contributed by atoms with Gasteiger partial charge in [-0.1, -0.05) is 24.3 Å². The smallest absolute Gasteiger partial charge is 0.349 e. The summed E-state index contributed by atoms with van der Waals surface area (Å²) in [6.45, 7) is 1.54. The van der Waals surface area contributed by atoms with Gasteiger partial charge < -0.3 is 14.6 Å². The summed E-state index contributed by atoms with van der Waals surface area (Å²) in [6, 6.07) is 15.5. The third kappa shape index (κ3) is 4.57. The first-order valence-electron chi connectivity index (χ1n) is 9.55. The highest BCUT2D eigenvalue weighted by molar-refractivity contribution is 7.00. The lowest BCUT2D eigenvalue weighted by Gasteiger charge is -2.19. The Labute approximate surface area is 186 Å². The van der Waals surface area contributed by atoms with Crippen molar-refractivity contribution < 1.29 is 28.6 Å². The SMILES string of the molecule is CC(=O)c1ccc(OCc2ccc3nsnc3c2)cc1OC(C(=O)O)c1ccccc1F. The van der Waals surface area contributed by atoms with E-state index < -0.39 is 17.9 Å². The number of Topliss-reactive ketones (excluding diaryl/α,β-unsaturated/α-hetero) is 1. The van der Waals surface area contributed by atoms with Gasteiger partial charge >= 0.3 is 5.97 Å². The first kappa shape index (κ1) is 21.4. The molecule has 0 aliphatic heterocycles. The maximum atomic E-state index is 14.2. The van der Waals surface area contributed by atoms with Gasteiger partial charge in [-0.2, -0.15) is 8.75 Å². The van der Waals surface area contributed by atoms with Gasteiger partial charge in [-0.15, -0.1) is 0 Å². The van der Waals surface area contributed by atoms with Gasteiger partial charge in [0, 0.05) is 11.6 Å². The lowest BCUT2D eigenvalue weighted by atomic mass is 10.1. The zero-order valence-electron chi connectivity index (χ0n) is 16.8. The molecule has 1 aromatic heterocycles. The number of hydrogen-bond acceptors (Lipinski definition) is 7. The molecule has 0 radical (unpaired) electrons. The summed E-state index contributed by atoms with van der Waals surface area (Å²) in [6.07, 6.45) is -1.64. The van der Waals surface area contributed by atoms with Crippen LogP contribution in [0.15, 0.2) is 60.7 Å². The number of aliphatic carboxylic acids is 1. The van der Waals surface area contributed by atoms with Crippen molar-refractivity contribution in [3.8, 4) is 11.5 Å². The van der Waals surface area contributed by atoms with E-state index in [0.717, 1.165) is 34.4 Å². The maximum Gasteiger partial charge on any atom is 0.349 e. The minimum Gasteiger partial charge on any atom is -0.489 e. The molecular weight excluding hydrogens is 435 g/mol. The monoisotopic (exact) mass is 452 g/mol. The van der Waals surface area contributed by atoms with E-state index in [-0.39, 0.29) is 29.3 Å². The van der Waals surface area contributed by atoms with E-state index in [1.807, 2.05) is 18.2 Å². The molecule has 0 aliphatic rings. The van der Waals surface area contributed by atoms with Crippen molar-refractivity contribution in [2.24, 2.45) is 0 Å². The van der Waals surface area contributed by atoms with Crippen LogP contribution in [0.5, 0.6) is 11.5 Å². The van der Waals surface area contributed by atoms with Crippen LogP contribution >= 0.6 is 11.7 Å². The first-order chi connectivity index (χ1) is 15.4. The van der Waals surface area contributed by atoms with Crippen LogP contribution in [0, 0.1) is 5.82 Å². The van der Waals surface area contributed by atoms with Crippen LogP contribution in [0.3, 0.4) is 0 Å². The molecule has 0 saturated heterocycles. The third-order valence-electron chi connectivity index (χ3n) is 4.71. The Bertz CT molecular complexity index is 1310. The molecule has 1 N–H and O–H groups in total. The van der Waals surface area contributed by atoms with Gasteiger partial charge in [0.25, 0.3) is 0 Å². The molecule has 3 aromatic carbocycles. The molecule has 162 valence electrons. The van der Waals surface area contributed by atoms with E-state index in [9.17, 15) is 19.1 Å². The molecule has 0 fully saturated rings. The Morgan fingerprint density at radius 3 is 2.59 bits per heavy atom. The van der Waals surface area contributed by atoms with Gasteiger partial charge in [-0.05, 0) is 42.8 Å². The zero-order valence-corrected chi connectivity index (χ0v) is 17.6. The van der Waals surface area contributed by atoms with Crippen molar-refractivity contribution in [3.63, 3.8) is 0 Å². The van der Waals surface area contributed by atoms with Crippen LogP contribution < -0.4 is 9.47 Å². The normalized spacial score (nSPS) is 11.8. The van der Waals surface area contributed by atoms with E-state index in [1.54, 1.807) is 6.07 Å². The van der Waals surface area contributed by atoms with Crippen molar-refractivity contribution in [1.82, 2.24) is 8.75 Å². The van der Waals surface area contributed by atoms with Gasteiger partial charge in [0.2, 0.25) is 6.10 Å². The number of benzene rings is 3. The van der Waals surface area contributed by atoms with Crippen LogP contribution in [-0.4, -0.2) is 25.6 Å². The number of carboxylic acids is 1. The van der Waals surface area contributed by atoms with Gasteiger partial charge in [-0.25, -0.2) is 9.18 Å². The largest absolute Gasteiger partial charge is 0.489 e. The van der Waals surface area contributed by atoms with Crippen LogP contribution in [0.1, 0.15) is 34.5 Å². The van der Waals surface area contributed by atoms with Crippen molar-refractivity contribution in [1.29, 1.82) is 0 Å². The molecule has 1 unspecified atom stereocenters. The molecule has 0 saturated carbocycles. The van der Waals surface area contributed by atoms with Gasteiger partial charge in [-0.3, -0.25) is 4.79 Å². The second-order valence-corrected chi connectivity index (χ2v) is 7.48. The van der Waals surface area contributed by atoms with Crippen LogP contribution in [0.4, 0.5) is 4.39 Å². The van der Waals surface area contributed by atoms with Crippen molar-refractivity contribution >= 4 is 34.5 Å². The molecule has 4 aromatic rings. The summed E-state index contributed by atoms with van der Waals surface area (Å²) in [5.41, 5.74) is 2.44. The standard InChI is InChI=1S/C23H17FN2O5S/c1-13(27)16-8-7-15(30-12-14-6-9-19-20(10-14)26-32-25-19)11-21(16)31-22(23(28)29)17-4-2-3-5-18(17)24/h2-11,22H,12H2,1H3,(H,28,29). The van der Waals surface area contributed by atoms with Gasteiger partial charge in [0.15, 0.2) is 5.78 Å². The molecule has 0 amide bonds. The van der Waals surface area contributed by atoms with Crippen LogP contribution in [0.25, 0.3) is 11.0 Å². The molecule has 1 heterocycles. The number of carbonyl (C=O) groups excluding carboxylic acids is 1. The van der Waals surface area contributed by atoms with Gasteiger partial charge in [0.05, 0.1) is 17.3 Å². The third-order valence-corrected chi connectivity index (χ3v) is 5.27. The number of ether oxygens (including phenoxy) is 2. The predicted octanol–water partition coefficient (Wildman–Crippen LogP) is 4.82. The highest BCUT2D eigenvalue weighted by Crippen LogP contribution is 2.31. The van der Waals surface area contributed by atoms with Crippen LogP contribution in [-0.2, 0) is 11.4 Å². The maximum absolute atomic E-state index is 14.2. The quantitative estimate of drug-likeness (QED) is 0.383. The average Bonchev–Trinajstić information content (AvgIpc) is 3.24. The summed E-state index contributed by atoms with van der Waals surface area (Å²) < 4.78 is 34.0. The number of nitrogens with zero attached hydrogens (tertiary/aromatic N) is 2. The summed E-state index contributed by atoms with van der Waals surface area (Å²) in [7, 11) is 0. The highest BCUT2D eigenvalue weighted by Gasteiger charge is 2.27. The Balaban J connectivity index is 1.60. The topological polar surface area (TPSA) is 98.6 Å². The molecule has 9 heteroatoms. The number of halogens is 1. The summed E-state index contributed by atoms with van der Waals surface area (Å²) in [4.78, 5) is 23.9. The number of hydrogen-bond donors (Lipinski definition) is 1.